The normalized spacial score (nSPS) is 11.0. The lowest BCUT2D eigenvalue weighted by Gasteiger charge is -2.07. The summed E-state index contributed by atoms with van der Waals surface area (Å²) in [6, 6.07) is 1.72. The average Bonchev–Trinajstić information content (AvgIpc) is 3.01. The highest BCUT2D eigenvalue weighted by molar-refractivity contribution is 5.88. The van der Waals surface area contributed by atoms with Gasteiger partial charge in [-0.25, -0.2) is 4.79 Å². The molecule has 1 aromatic heterocycles. The lowest BCUT2D eigenvalue weighted by atomic mass is 10.0. The van der Waals surface area contributed by atoms with Crippen LogP contribution in [0.4, 0.5) is 10.6 Å². The molecule has 0 saturated carbocycles. The van der Waals surface area contributed by atoms with Crippen molar-refractivity contribution >= 4 is 11.8 Å². The minimum absolute atomic E-state index is 0.144. The maximum absolute atomic E-state index is 11.9. The van der Waals surface area contributed by atoms with Crippen LogP contribution in [0.5, 0.6) is 0 Å². The standard InChI is InChI=1S/C24H46N4O/c1-4-5-6-7-8-9-10-11-12-13-14-15-16-17-18-19-20-25-24(29)26-23-21-22(2)27-28(23)3/h21H,4-20H2,1-3H3,(H2,25,26,29). The largest absolute Gasteiger partial charge is 0.338 e. The Morgan fingerprint density at radius 2 is 1.28 bits per heavy atom. The van der Waals surface area contributed by atoms with Gasteiger partial charge >= 0.3 is 6.03 Å². The number of aryl methyl sites for hydroxylation is 2. The summed E-state index contributed by atoms with van der Waals surface area (Å²) in [6.45, 7) is 4.94. The van der Waals surface area contributed by atoms with Crippen LogP contribution in [0.2, 0.25) is 0 Å². The molecule has 0 radical (unpaired) electrons. The highest BCUT2D eigenvalue weighted by Crippen LogP contribution is 2.13. The molecule has 0 saturated heterocycles. The Labute approximate surface area is 179 Å². The molecule has 0 aromatic carbocycles. The summed E-state index contributed by atoms with van der Waals surface area (Å²) in [5.74, 6) is 0.729. The molecule has 29 heavy (non-hydrogen) atoms. The van der Waals surface area contributed by atoms with Crippen molar-refractivity contribution in [1.29, 1.82) is 0 Å². The van der Waals surface area contributed by atoms with Crippen LogP contribution in [-0.4, -0.2) is 22.4 Å². The third-order valence-electron chi connectivity index (χ3n) is 5.56. The number of amides is 2. The maximum atomic E-state index is 11.9. The number of hydrogen-bond donors (Lipinski definition) is 2. The van der Waals surface area contributed by atoms with E-state index in [2.05, 4.69) is 22.7 Å². The third kappa shape index (κ3) is 14.2. The summed E-state index contributed by atoms with van der Waals surface area (Å²) in [5.41, 5.74) is 0.903. The van der Waals surface area contributed by atoms with Crippen LogP contribution in [0.3, 0.4) is 0 Å². The van der Waals surface area contributed by atoms with Gasteiger partial charge in [0.15, 0.2) is 0 Å². The van der Waals surface area contributed by atoms with E-state index in [0.717, 1.165) is 24.5 Å². The molecule has 5 nitrogen and oxygen atoms in total. The second-order valence-corrected chi connectivity index (χ2v) is 8.48. The Hall–Kier alpha value is -1.52. The zero-order chi connectivity index (χ0) is 21.2. The van der Waals surface area contributed by atoms with Gasteiger partial charge in [-0.2, -0.15) is 5.10 Å². The molecule has 0 aliphatic heterocycles. The van der Waals surface area contributed by atoms with Crippen molar-refractivity contribution in [3.63, 3.8) is 0 Å². The molecule has 168 valence electrons. The summed E-state index contributed by atoms with van der Waals surface area (Å²) in [6.07, 6.45) is 21.8. The summed E-state index contributed by atoms with van der Waals surface area (Å²) in [7, 11) is 1.83. The van der Waals surface area contributed by atoms with Crippen molar-refractivity contribution in [2.75, 3.05) is 11.9 Å². The fraction of sp³-hybridized carbons (Fsp3) is 0.833. The Morgan fingerprint density at radius 1 is 0.828 bits per heavy atom. The fourth-order valence-corrected chi connectivity index (χ4v) is 3.76. The molecular formula is C24H46N4O. The van der Waals surface area contributed by atoms with Crippen LogP contribution in [-0.2, 0) is 7.05 Å². The van der Waals surface area contributed by atoms with Crippen molar-refractivity contribution in [2.45, 2.75) is 117 Å². The number of anilines is 1. The smallest absolute Gasteiger partial charge is 0.320 e. The number of aromatic nitrogens is 2. The van der Waals surface area contributed by atoms with Crippen LogP contribution in [0.15, 0.2) is 6.07 Å². The van der Waals surface area contributed by atoms with Crippen LogP contribution >= 0.6 is 0 Å². The molecule has 0 unspecified atom stereocenters. The summed E-state index contributed by atoms with van der Waals surface area (Å²) in [4.78, 5) is 11.9. The first-order valence-electron chi connectivity index (χ1n) is 12.2. The quantitative estimate of drug-likeness (QED) is 0.255. The topological polar surface area (TPSA) is 59.0 Å². The van der Waals surface area contributed by atoms with Crippen molar-refractivity contribution in [3.05, 3.63) is 11.8 Å². The zero-order valence-electron chi connectivity index (χ0n) is 19.4. The van der Waals surface area contributed by atoms with Crippen molar-refractivity contribution in [1.82, 2.24) is 15.1 Å². The lowest BCUT2D eigenvalue weighted by Crippen LogP contribution is -2.30. The van der Waals surface area contributed by atoms with Crippen molar-refractivity contribution in [3.8, 4) is 0 Å². The van der Waals surface area contributed by atoms with E-state index in [1.54, 1.807) is 4.68 Å². The SMILES string of the molecule is CCCCCCCCCCCCCCCCCCNC(=O)Nc1cc(C)nn1C. The van der Waals surface area contributed by atoms with E-state index in [0.29, 0.717) is 0 Å². The molecule has 1 aromatic rings. The van der Waals surface area contributed by atoms with E-state index < -0.39 is 0 Å². The molecule has 0 fully saturated rings. The first-order valence-corrected chi connectivity index (χ1v) is 12.2. The van der Waals surface area contributed by atoms with Gasteiger partial charge in [0.2, 0.25) is 0 Å². The van der Waals surface area contributed by atoms with E-state index in [-0.39, 0.29) is 6.03 Å². The third-order valence-corrected chi connectivity index (χ3v) is 5.56. The van der Waals surface area contributed by atoms with E-state index in [1.165, 1.54) is 96.3 Å². The van der Waals surface area contributed by atoms with Gasteiger partial charge in [-0.05, 0) is 13.3 Å². The highest BCUT2D eigenvalue weighted by Gasteiger charge is 2.05. The number of carbonyl (C=O) groups is 1. The van der Waals surface area contributed by atoms with Crippen LogP contribution in [0, 0.1) is 6.92 Å². The van der Waals surface area contributed by atoms with Crippen LogP contribution in [0.25, 0.3) is 0 Å². The Morgan fingerprint density at radius 3 is 1.69 bits per heavy atom. The minimum Gasteiger partial charge on any atom is -0.338 e. The molecule has 0 aliphatic carbocycles. The van der Waals surface area contributed by atoms with Gasteiger partial charge in [0.1, 0.15) is 5.82 Å². The second kappa shape index (κ2) is 17.3. The van der Waals surface area contributed by atoms with Crippen LogP contribution < -0.4 is 10.6 Å². The van der Waals surface area contributed by atoms with Crippen molar-refractivity contribution < 1.29 is 4.79 Å². The molecule has 5 heteroatoms. The first-order chi connectivity index (χ1) is 14.1. The zero-order valence-corrected chi connectivity index (χ0v) is 19.4. The molecule has 0 bridgehead atoms. The van der Waals surface area contributed by atoms with Gasteiger partial charge in [0, 0.05) is 19.7 Å². The molecule has 1 rings (SSSR count). The van der Waals surface area contributed by atoms with E-state index in [9.17, 15) is 4.79 Å². The Kier molecular flexibility index (Phi) is 15.3. The van der Waals surface area contributed by atoms with E-state index in [4.69, 9.17) is 0 Å². The number of nitrogens with one attached hydrogen (secondary N) is 2. The Bertz CT molecular complexity index is 527. The summed E-state index contributed by atoms with van der Waals surface area (Å²) in [5, 5.41) is 9.98. The minimum atomic E-state index is -0.144. The number of nitrogens with zero attached hydrogens (tertiary/aromatic N) is 2. The molecule has 1 heterocycles. The van der Waals surface area contributed by atoms with Crippen molar-refractivity contribution in [2.24, 2.45) is 7.05 Å². The number of urea groups is 1. The number of rotatable bonds is 18. The molecule has 2 N–H and O–H groups in total. The van der Waals surface area contributed by atoms with Gasteiger partial charge < -0.3 is 5.32 Å². The average molecular weight is 407 g/mol. The Balaban J connectivity index is 1.79. The molecule has 2 amide bonds. The predicted octanol–water partition coefficient (Wildman–Crippen LogP) is 7.11. The van der Waals surface area contributed by atoms with Gasteiger partial charge in [0.25, 0.3) is 0 Å². The second-order valence-electron chi connectivity index (χ2n) is 8.48. The van der Waals surface area contributed by atoms with Gasteiger partial charge in [-0.15, -0.1) is 0 Å². The van der Waals surface area contributed by atoms with Crippen LogP contribution in [0.1, 0.15) is 115 Å². The lowest BCUT2D eigenvalue weighted by molar-refractivity contribution is 0.251. The maximum Gasteiger partial charge on any atom is 0.320 e. The molecule has 0 atom stereocenters. The van der Waals surface area contributed by atoms with Gasteiger partial charge in [-0.3, -0.25) is 10.00 Å². The number of unbranched alkanes of at least 4 members (excludes halogenated alkanes) is 15. The molecule has 0 spiro atoms. The fourth-order valence-electron chi connectivity index (χ4n) is 3.76. The van der Waals surface area contributed by atoms with E-state index >= 15 is 0 Å². The monoisotopic (exact) mass is 406 g/mol. The summed E-state index contributed by atoms with van der Waals surface area (Å²) >= 11 is 0. The molecular weight excluding hydrogens is 360 g/mol. The first kappa shape index (κ1) is 25.5. The van der Waals surface area contributed by atoms with Gasteiger partial charge in [-0.1, -0.05) is 103 Å². The summed E-state index contributed by atoms with van der Waals surface area (Å²) < 4.78 is 1.68. The molecule has 0 aliphatic rings. The highest BCUT2D eigenvalue weighted by atomic mass is 16.2. The number of hydrogen-bond acceptors (Lipinski definition) is 2. The van der Waals surface area contributed by atoms with Gasteiger partial charge in [0.05, 0.1) is 5.69 Å². The predicted molar refractivity (Wildman–Crippen MR) is 125 cm³/mol. The number of carbonyl (C=O) groups excluding carboxylic acids is 1. The van der Waals surface area contributed by atoms with E-state index in [1.807, 2.05) is 20.0 Å².